The summed E-state index contributed by atoms with van der Waals surface area (Å²) in [6.45, 7) is 1.27. The number of thiazole rings is 1. The first kappa shape index (κ1) is 19.6. The van der Waals surface area contributed by atoms with Crippen molar-refractivity contribution >= 4 is 51.8 Å². The van der Waals surface area contributed by atoms with E-state index in [4.69, 9.17) is 11.6 Å². The summed E-state index contributed by atoms with van der Waals surface area (Å²) in [7, 11) is 0. The first-order chi connectivity index (χ1) is 14.1. The van der Waals surface area contributed by atoms with Crippen molar-refractivity contribution in [2.45, 2.75) is 12.8 Å². The summed E-state index contributed by atoms with van der Waals surface area (Å²) < 4.78 is 2.26. The summed E-state index contributed by atoms with van der Waals surface area (Å²) in [4.78, 5) is 28.8. The van der Waals surface area contributed by atoms with Crippen LogP contribution in [0.4, 0.5) is 0 Å². The zero-order valence-corrected chi connectivity index (χ0v) is 17.7. The van der Waals surface area contributed by atoms with Crippen LogP contribution >= 0.6 is 34.3 Å². The molecule has 1 amide bonds. The van der Waals surface area contributed by atoms with Crippen LogP contribution in [0, 0.1) is 11.3 Å². The summed E-state index contributed by atoms with van der Waals surface area (Å²) in [5, 5.41) is 12.3. The van der Waals surface area contributed by atoms with Crippen LogP contribution in [0.1, 0.15) is 17.7 Å². The maximum Gasteiger partial charge on any atom is 0.273 e. The number of aromatic nitrogens is 1. The number of thiophene rings is 1. The van der Waals surface area contributed by atoms with Gasteiger partial charge in [-0.1, -0.05) is 17.7 Å². The average molecular weight is 442 g/mol. The highest BCUT2D eigenvalue weighted by atomic mass is 35.5. The monoisotopic (exact) mass is 441 g/mol. The molecule has 8 heteroatoms. The Labute approximate surface area is 180 Å². The number of likely N-dealkylation sites (tertiary alicyclic amines) is 1. The van der Waals surface area contributed by atoms with Gasteiger partial charge < -0.3 is 4.90 Å². The predicted octanol–water partition coefficient (Wildman–Crippen LogP) is 2.74. The molecule has 4 rings (SSSR count). The Kier molecular flexibility index (Phi) is 5.67. The molecule has 1 fully saturated rings. The first-order valence-corrected chi connectivity index (χ1v) is 11.1. The van der Waals surface area contributed by atoms with E-state index >= 15 is 0 Å². The lowest BCUT2D eigenvalue weighted by molar-refractivity contribution is -0.123. The Hall–Kier alpha value is -2.66. The van der Waals surface area contributed by atoms with Crippen LogP contribution in [0.15, 0.2) is 46.6 Å². The number of hydrogen-bond donors (Lipinski definition) is 0. The number of amides is 1. The molecule has 2 aromatic heterocycles. The van der Waals surface area contributed by atoms with Gasteiger partial charge >= 0.3 is 0 Å². The van der Waals surface area contributed by atoms with E-state index in [2.05, 4.69) is 6.07 Å². The molecule has 0 unspecified atom stereocenters. The molecule has 3 aromatic rings. The van der Waals surface area contributed by atoms with Crippen molar-refractivity contribution in [2.75, 3.05) is 13.1 Å². The highest BCUT2D eigenvalue weighted by Gasteiger charge is 2.24. The quantitative estimate of drug-likeness (QED) is 0.627. The van der Waals surface area contributed by atoms with E-state index in [1.54, 1.807) is 35.2 Å². The Morgan fingerprint density at radius 2 is 1.90 bits per heavy atom. The second kappa shape index (κ2) is 8.37. The van der Waals surface area contributed by atoms with Crippen molar-refractivity contribution in [1.29, 1.82) is 5.26 Å². The second-order valence-electron chi connectivity index (χ2n) is 6.53. The predicted molar refractivity (Wildman–Crippen MR) is 117 cm³/mol. The highest BCUT2D eigenvalue weighted by Crippen LogP contribution is 2.14. The minimum atomic E-state index is -0.323. The van der Waals surface area contributed by atoms with Crippen LogP contribution in [0.3, 0.4) is 0 Å². The highest BCUT2D eigenvalue weighted by molar-refractivity contribution is 7.11. The molecule has 1 aliphatic rings. The van der Waals surface area contributed by atoms with Gasteiger partial charge in [0.1, 0.15) is 10.7 Å². The molecule has 0 saturated carbocycles. The lowest BCUT2D eigenvalue weighted by Crippen LogP contribution is -2.35. The van der Waals surface area contributed by atoms with E-state index < -0.39 is 0 Å². The molecule has 29 heavy (non-hydrogen) atoms. The number of hydrogen-bond acceptors (Lipinski definition) is 5. The van der Waals surface area contributed by atoms with Crippen LogP contribution < -0.4 is 14.8 Å². The minimum Gasteiger partial charge on any atom is -0.338 e. The van der Waals surface area contributed by atoms with E-state index in [0.717, 1.165) is 29.1 Å². The first-order valence-electron chi connectivity index (χ1n) is 9.05. The topological polar surface area (TPSA) is 66.1 Å². The fourth-order valence-electron chi connectivity index (χ4n) is 3.24. The van der Waals surface area contributed by atoms with Gasteiger partial charge in [-0.25, -0.2) is 0 Å². The Balaban J connectivity index is 2.01. The van der Waals surface area contributed by atoms with Crippen molar-refractivity contribution in [3.05, 3.63) is 71.2 Å². The molecule has 5 nitrogen and oxygen atoms in total. The normalized spacial score (nSPS) is 15.4. The zero-order chi connectivity index (χ0) is 20.4. The summed E-state index contributed by atoms with van der Waals surface area (Å²) in [6.07, 6.45) is 3.65. The standard InChI is InChI=1S/C21H16ClN3O2S2/c22-14-5-7-15(8-6-14)25-20(27)18(12-16-4-3-11-28-16)29-21(25)17(13-23)19(26)24-9-1-2-10-24/h3-8,11-12H,1-2,9-10H2/b18-12+,21-17+. The second-order valence-corrected chi connectivity index (χ2v) is 8.98. The Morgan fingerprint density at radius 3 is 2.52 bits per heavy atom. The molecule has 0 N–H and O–H groups in total. The molecule has 0 atom stereocenters. The van der Waals surface area contributed by atoms with Gasteiger partial charge in [0.05, 0.1) is 10.2 Å². The fourth-order valence-corrected chi connectivity index (χ4v) is 5.19. The maximum absolute atomic E-state index is 13.2. The smallest absolute Gasteiger partial charge is 0.273 e. The van der Waals surface area contributed by atoms with Crippen LogP contribution in [-0.4, -0.2) is 28.5 Å². The molecule has 0 bridgehead atoms. The van der Waals surface area contributed by atoms with E-state index in [9.17, 15) is 14.9 Å². The number of benzene rings is 1. The molecule has 0 spiro atoms. The van der Waals surface area contributed by atoms with Crippen molar-refractivity contribution in [3.8, 4) is 11.8 Å². The van der Waals surface area contributed by atoms with Crippen molar-refractivity contribution in [2.24, 2.45) is 0 Å². The molecule has 0 radical (unpaired) electrons. The van der Waals surface area contributed by atoms with E-state index in [-0.39, 0.29) is 17.0 Å². The van der Waals surface area contributed by atoms with Gasteiger partial charge in [0.15, 0.2) is 5.57 Å². The van der Waals surface area contributed by atoms with E-state index in [1.807, 2.05) is 17.5 Å². The summed E-state index contributed by atoms with van der Waals surface area (Å²) in [5.74, 6) is -0.323. The van der Waals surface area contributed by atoms with Gasteiger partial charge in [-0.05, 0) is 54.6 Å². The Morgan fingerprint density at radius 1 is 1.17 bits per heavy atom. The SMILES string of the molecule is N#C/C(C(=O)N1CCCC1)=c1\s/c(=C/c2cccs2)c(=O)n1-c1ccc(Cl)cc1. The minimum absolute atomic E-state index is 0.00483. The van der Waals surface area contributed by atoms with E-state index in [0.29, 0.717) is 33.0 Å². The third-order valence-corrected chi connectivity index (χ3v) is 6.82. The molecule has 1 aromatic carbocycles. The van der Waals surface area contributed by atoms with Crippen molar-refractivity contribution in [3.63, 3.8) is 0 Å². The molecule has 0 aliphatic carbocycles. The zero-order valence-electron chi connectivity index (χ0n) is 15.3. The fraction of sp³-hybridized carbons (Fsp3) is 0.190. The largest absolute Gasteiger partial charge is 0.338 e. The van der Waals surface area contributed by atoms with E-state index in [1.165, 1.54) is 15.9 Å². The summed E-state index contributed by atoms with van der Waals surface area (Å²) in [6, 6.07) is 12.7. The molecule has 3 heterocycles. The number of nitriles is 1. The van der Waals surface area contributed by atoms with Gasteiger partial charge in [-0.3, -0.25) is 14.2 Å². The number of carbonyl (C=O) groups excluding carboxylic acids is 1. The maximum atomic E-state index is 13.2. The van der Waals surface area contributed by atoms with Crippen LogP contribution in [0.2, 0.25) is 5.02 Å². The van der Waals surface area contributed by atoms with Crippen molar-refractivity contribution in [1.82, 2.24) is 9.47 Å². The number of carbonyl (C=O) groups is 1. The molecule has 1 saturated heterocycles. The summed E-state index contributed by atoms with van der Waals surface area (Å²) >= 11 is 8.68. The number of nitrogens with zero attached hydrogens (tertiary/aromatic N) is 3. The van der Waals surface area contributed by atoms with Crippen LogP contribution in [0.25, 0.3) is 17.3 Å². The average Bonchev–Trinajstić information content (AvgIpc) is 3.47. The van der Waals surface area contributed by atoms with Gasteiger partial charge in [0.25, 0.3) is 11.5 Å². The molecular weight excluding hydrogens is 426 g/mol. The molecule has 1 aliphatic heterocycles. The lowest BCUT2D eigenvalue weighted by atomic mass is 10.2. The van der Waals surface area contributed by atoms with Gasteiger partial charge in [-0.2, -0.15) is 5.26 Å². The molecule has 146 valence electrons. The van der Waals surface area contributed by atoms with Gasteiger partial charge in [0.2, 0.25) is 0 Å². The third-order valence-electron chi connectivity index (χ3n) is 4.66. The molecular formula is C21H16ClN3O2S2. The third kappa shape index (κ3) is 3.92. The van der Waals surface area contributed by atoms with Gasteiger partial charge in [-0.15, -0.1) is 22.7 Å². The number of rotatable bonds is 3. The summed E-state index contributed by atoms with van der Waals surface area (Å²) in [5.41, 5.74) is 0.302. The van der Waals surface area contributed by atoms with Gasteiger partial charge in [0, 0.05) is 23.0 Å². The van der Waals surface area contributed by atoms with Crippen LogP contribution in [0.5, 0.6) is 0 Å². The lowest BCUT2D eigenvalue weighted by Gasteiger charge is -2.14. The number of halogens is 1. The Bertz CT molecular complexity index is 1260. The van der Waals surface area contributed by atoms with Crippen LogP contribution in [-0.2, 0) is 4.79 Å². The van der Waals surface area contributed by atoms with Crippen molar-refractivity contribution < 1.29 is 4.79 Å².